The van der Waals surface area contributed by atoms with Gasteiger partial charge in [0.15, 0.2) is 5.82 Å². The number of aryl methyl sites for hydroxylation is 1. The Morgan fingerprint density at radius 3 is 2.84 bits per heavy atom. The van der Waals surface area contributed by atoms with Crippen molar-refractivity contribution in [2.24, 2.45) is 11.1 Å². The van der Waals surface area contributed by atoms with E-state index in [9.17, 15) is 5.11 Å². The fourth-order valence-corrected chi connectivity index (χ4v) is 5.77. The summed E-state index contributed by atoms with van der Waals surface area (Å²) in [7, 11) is 0. The van der Waals surface area contributed by atoms with Gasteiger partial charge in [0.05, 0.1) is 23.8 Å². The average Bonchev–Trinajstić information content (AvgIpc) is 3.43. The number of fused-ring (bicyclic) bond motifs is 2. The molecule has 1 saturated heterocycles. The molecule has 1 fully saturated rings. The lowest BCUT2D eigenvalue weighted by Crippen LogP contribution is -2.45. The van der Waals surface area contributed by atoms with Gasteiger partial charge in [0.2, 0.25) is 0 Å². The molecule has 0 saturated carbocycles. The molecule has 0 bridgehead atoms. The highest BCUT2D eigenvalue weighted by Gasteiger charge is 2.46. The molecule has 1 atom stereocenters. The minimum atomic E-state index is -0.190. The van der Waals surface area contributed by atoms with Crippen LogP contribution in [0.5, 0.6) is 5.75 Å². The van der Waals surface area contributed by atoms with E-state index >= 15 is 0 Å². The number of aliphatic hydroxyl groups is 1. The number of hydrogen-bond donors (Lipinski definition) is 3. The molecule has 2 aromatic heterocycles. The molecule has 8 heteroatoms. The SMILES string of the molecule is Cc1nc2cc(OCC#Cc3cnc(N4CCC5(CC4)Cc4ccccc4[C@H]5N)c(CO)n3)ccc2[nH]1. The van der Waals surface area contributed by atoms with Crippen LogP contribution in [0.3, 0.4) is 0 Å². The number of H-pyrrole nitrogens is 1. The Labute approximate surface area is 215 Å². The maximum atomic E-state index is 10.0. The van der Waals surface area contributed by atoms with Gasteiger partial charge < -0.3 is 25.5 Å². The van der Waals surface area contributed by atoms with Crippen molar-refractivity contribution < 1.29 is 9.84 Å². The van der Waals surface area contributed by atoms with Crippen molar-refractivity contribution >= 4 is 16.9 Å². The van der Waals surface area contributed by atoms with Gasteiger partial charge in [-0.1, -0.05) is 30.2 Å². The van der Waals surface area contributed by atoms with Gasteiger partial charge in [-0.3, -0.25) is 0 Å². The number of aromatic amines is 1. The van der Waals surface area contributed by atoms with Gasteiger partial charge in [0.25, 0.3) is 0 Å². The first-order valence-electron chi connectivity index (χ1n) is 12.7. The minimum absolute atomic E-state index is 0.0689. The lowest BCUT2D eigenvalue weighted by Gasteiger charge is -2.42. The summed E-state index contributed by atoms with van der Waals surface area (Å²) in [5.74, 6) is 8.29. The molecule has 1 aliphatic carbocycles. The second kappa shape index (κ2) is 9.51. The molecule has 3 heterocycles. The van der Waals surface area contributed by atoms with Gasteiger partial charge in [0.1, 0.15) is 29.6 Å². The molecule has 4 aromatic rings. The summed E-state index contributed by atoms with van der Waals surface area (Å²) in [6, 6.07) is 14.3. The van der Waals surface area contributed by atoms with E-state index in [1.165, 1.54) is 11.1 Å². The largest absolute Gasteiger partial charge is 0.481 e. The third kappa shape index (κ3) is 4.41. The first-order valence-corrected chi connectivity index (χ1v) is 12.7. The number of aliphatic hydroxyl groups excluding tert-OH is 1. The highest BCUT2D eigenvalue weighted by atomic mass is 16.5. The van der Waals surface area contributed by atoms with Crippen LogP contribution in [-0.4, -0.2) is 44.7 Å². The van der Waals surface area contributed by atoms with E-state index in [0.29, 0.717) is 17.1 Å². The Hall–Kier alpha value is -3.93. The van der Waals surface area contributed by atoms with Crippen LogP contribution in [0.15, 0.2) is 48.7 Å². The van der Waals surface area contributed by atoms with E-state index in [4.69, 9.17) is 10.5 Å². The lowest BCUT2D eigenvalue weighted by atomic mass is 9.73. The van der Waals surface area contributed by atoms with Crippen LogP contribution in [0.25, 0.3) is 11.0 Å². The van der Waals surface area contributed by atoms with Crippen LogP contribution in [0.1, 0.15) is 47.2 Å². The standard InChI is InChI=1S/C29H30N6O2/c1-19-32-24-9-8-22(15-25(24)33-19)37-14-4-6-21-17-31-28(26(18-36)34-21)35-12-10-29(11-13-35)16-20-5-2-3-7-23(20)27(29)30/h2-3,5,7-9,15,17,27,36H,10-14,16,18,30H2,1H3,(H,32,33)/t27-/m1/s1. The van der Waals surface area contributed by atoms with Gasteiger partial charge in [-0.05, 0) is 60.8 Å². The number of benzene rings is 2. The molecule has 6 rings (SSSR count). The molecule has 2 aliphatic rings. The highest BCUT2D eigenvalue weighted by molar-refractivity contribution is 5.76. The number of hydrogen-bond acceptors (Lipinski definition) is 7. The maximum absolute atomic E-state index is 10.0. The normalized spacial score (nSPS) is 18.0. The van der Waals surface area contributed by atoms with Crippen LogP contribution in [0, 0.1) is 24.2 Å². The van der Waals surface area contributed by atoms with Gasteiger partial charge in [-0.25, -0.2) is 15.0 Å². The number of nitrogens with zero attached hydrogens (tertiary/aromatic N) is 4. The average molecular weight is 495 g/mol. The van der Waals surface area contributed by atoms with Crippen LogP contribution in [0.4, 0.5) is 5.82 Å². The molecular weight excluding hydrogens is 464 g/mol. The summed E-state index contributed by atoms with van der Waals surface area (Å²) in [5.41, 5.74) is 12.4. The van der Waals surface area contributed by atoms with Crippen molar-refractivity contribution in [1.82, 2.24) is 19.9 Å². The summed E-state index contributed by atoms with van der Waals surface area (Å²) in [6.45, 7) is 3.61. The Kier molecular flexibility index (Phi) is 6.03. The first-order chi connectivity index (χ1) is 18.0. The zero-order valence-electron chi connectivity index (χ0n) is 20.9. The Morgan fingerprint density at radius 1 is 1.19 bits per heavy atom. The van der Waals surface area contributed by atoms with Crippen molar-refractivity contribution in [2.75, 3.05) is 24.6 Å². The first kappa shape index (κ1) is 23.5. The summed E-state index contributed by atoms with van der Waals surface area (Å²) in [6.07, 6.45) is 4.67. The Bertz CT molecular complexity index is 1510. The summed E-state index contributed by atoms with van der Waals surface area (Å²) >= 11 is 0. The third-order valence-electron chi connectivity index (χ3n) is 7.72. The van der Waals surface area contributed by atoms with E-state index < -0.39 is 0 Å². The predicted molar refractivity (Wildman–Crippen MR) is 142 cm³/mol. The van der Waals surface area contributed by atoms with E-state index in [2.05, 4.69) is 60.9 Å². The zero-order valence-corrected chi connectivity index (χ0v) is 20.9. The molecule has 1 aliphatic heterocycles. The number of imidazole rings is 1. The third-order valence-corrected chi connectivity index (χ3v) is 7.72. The monoisotopic (exact) mass is 494 g/mol. The zero-order chi connectivity index (χ0) is 25.4. The molecule has 0 unspecified atom stereocenters. The fourth-order valence-electron chi connectivity index (χ4n) is 5.77. The molecule has 4 N–H and O–H groups in total. The van der Waals surface area contributed by atoms with Crippen molar-refractivity contribution in [2.45, 2.75) is 38.8 Å². The number of rotatable bonds is 4. The summed E-state index contributed by atoms with van der Waals surface area (Å²) in [5, 5.41) is 10.0. The highest BCUT2D eigenvalue weighted by Crippen LogP contribution is 2.51. The van der Waals surface area contributed by atoms with Crippen molar-refractivity contribution in [1.29, 1.82) is 0 Å². The number of nitrogens with two attached hydrogens (primary N) is 1. The van der Waals surface area contributed by atoms with Crippen LogP contribution < -0.4 is 15.4 Å². The van der Waals surface area contributed by atoms with E-state index in [1.807, 2.05) is 25.1 Å². The molecule has 0 amide bonds. The number of piperidine rings is 1. The quantitative estimate of drug-likeness (QED) is 0.373. The maximum Gasteiger partial charge on any atom is 0.152 e. The fraction of sp³-hybridized carbons (Fsp3) is 0.345. The topological polar surface area (TPSA) is 113 Å². The van der Waals surface area contributed by atoms with E-state index in [0.717, 1.165) is 55.0 Å². The summed E-state index contributed by atoms with van der Waals surface area (Å²) in [4.78, 5) is 19.0. The van der Waals surface area contributed by atoms with Crippen molar-refractivity contribution in [3.05, 3.63) is 77.0 Å². The molecule has 188 valence electrons. The lowest BCUT2D eigenvalue weighted by molar-refractivity contribution is 0.186. The Balaban J connectivity index is 1.10. The molecule has 0 radical (unpaired) electrons. The van der Waals surface area contributed by atoms with Crippen molar-refractivity contribution in [3.63, 3.8) is 0 Å². The molecule has 8 nitrogen and oxygen atoms in total. The van der Waals surface area contributed by atoms with Gasteiger partial charge in [0, 0.05) is 25.2 Å². The molecular formula is C29H30N6O2. The van der Waals surface area contributed by atoms with Crippen LogP contribution in [-0.2, 0) is 13.0 Å². The molecule has 1 spiro atoms. The molecule has 2 aromatic carbocycles. The Morgan fingerprint density at radius 2 is 2.03 bits per heavy atom. The van der Waals surface area contributed by atoms with Crippen LogP contribution >= 0.6 is 0 Å². The number of anilines is 1. The second-order valence-electron chi connectivity index (χ2n) is 9.98. The van der Waals surface area contributed by atoms with Gasteiger partial charge >= 0.3 is 0 Å². The minimum Gasteiger partial charge on any atom is -0.481 e. The van der Waals surface area contributed by atoms with E-state index in [1.54, 1.807) is 6.20 Å². The predicted octanol–water partition coefficient (Wildman–Crippen LogP) is 3.43. The number of ether oxygens (including phenoxy) is 1. The number of nitrogens with one attached hydrogen (secondary N) is 1. The van der Waals surface area contributed by atoms with Gasteiger partial charge in [-0.15, -0.1) is 0 Å². The smallest absolute Gasteiger partial charge is 0.152 e. The van der Waals surface area contributed by atoms with E-state index in [-0.39, 0.29) is 24.7 Å². The summed E-state index contributed by atoms with van der Waals surface area (Å²) < 4.78 is 5.75. The second-order valence-corrected chi connectivity index (χ2v) is 9.98. The molecule has 37 heavy (non-hydrogen) atoms. The van der Waals surface area contributed by atoms with Crippen LogP contribution in [0.2, 0.25) is 0 Å². The number of aromatic nitrogens is 4. The van der Waals surface area contributed by atoms with Crippen molar-refractivity contribution in [3.8, 4) is 17.6 Å². The van der Waals surface area contributed by atoms with Gasteiger partial charge in [-0.2, -0.15) is 0 Å².